The summed E-state index contributed by atoms with van der Waals surface area (Å²) in [6.07, 6.45) is 5.36. The van der Waals surface area contributed by atoms with Gasteiger partial charge in [0.2, 0.25) is 0 Å². The molecule has 2 heterocycles. The first-order valence-corrected chi connectivity index (χ1v) is 13.5. The molecule has 38 heavy (non-hydrogen) atoms. The van der Waals surface area contributed by atoms with Gasteiger partial charge in [0.1, 0.15) is 11.4 Å². The molecule has 2 aliphatic rings. The second kappa shape index (κ2) is 10.0. The molecule has 6 heteroatoms. The van der Waals surface area contributed by atoms with Crippen molar-refractivity contribution in [2.45, 2.75) is 56.8 Å². The predicted octanol–water partition coefficient (Wildman–Crippen LogP) is 5.65. The Balaban J connectivity index is 1.55. The number of rotatable bonds is 6. The van der Waals surface area contributed by atoms with E-state index in [4.69, 9.17) is 4.74 Å². The van der Waals surface area contributed by atoms with E-state index >= 15 is 0 Å². The van der Waals surface area contributed by atoms with Crippen molar-refractivity contribution in [3.8, 4) is 5.75 Å². The molecule has 0 radical (unpaired) electrons. The molecule has 1 aliphatic carbocycles. The number of ether oxygens (including phenoxy) is 1. The van der Waals surface area contributed by atoms with E-state index in [1.807, 2.05) is 89.5 Å². The van der Waals surface area contributed by atoms with Crippen LogP contribution in [0.3, 0.4) is 0 Å². The van der Waals surface area contributed by atoms with E-state index in [2.05, 4.69) is 5.32 Å². The molecule has 6 rings (SSSR count). The minimum Gasteiger partial charge on any atom is -0.496 e. The van der Waals surface area contributed by atoms with Crippen LogP contribution in [0.2, 0.25) is 0 Å². The van der Waals surface area contributed by atoms with Crippen LogP contribution >= 0.6 is 0 Å². The lowest BCUT2D eigenvalue weighted by Gasteiger charge is -2.47. The molecule has 1 saturated carbocycles. The number of nitrogens with zero attached hydrogens (tertiary/aromatic N) is 2. The predicted molar refractivity (Wildman–Crippen MR) is 148 cm³/mol. The maximum atomic E-state index is 14.6. The summed E-state index contributed by atoms with van der Waals surface area (Å²) in [5.74, 6) is 0.407. The van der Waals surface area contributed by atoms with Crippen molar-refractivity contribution in [2.24, 2.45) is 0 Å². The lowest BCUT2D eigenvalue weighted by molar-refractivity contribution is -0.136. The summed E-state index contributed by atoms with van der Waals surface area (Å²) in [6, 6.07) is 27.6. The number of hydrogen-bond acceptors (Lipinski definition) is 3. The highest BCUT2D eigenvalue weighted by atomic mass is 16.5. The van der Waals surface area contributed by atoms with Gasteiger partial charge in [-0.1, -0.05) is 86.0 Å². The number of para-hydroxylation sites is 2. The van der Waals surface area contributed by atoms with Crippen molar-refractivity contribution < 1.29 is 14.3 Å². The highest BCUT2D eigenvalue weighted by Gasteiger charge is 2.53. The Labute approximate surface area is 223 Å². The fraction of sp³-hybridized carbons (Fsp3) is 0.312. The summed E-state index contributed by atoms with van der Waals surface area (Å²) >= 11 is 0. The number of amides is 2. The van der Waals surface area contributed by atoms with Gasteiger partial charge in [-0.2, -0.15) is 0 Å². The molecule has 0 saturated heterocycles. The van der Waals surface area contributed by atoms with Crippen LogP contribution in [0.1, 0.15) is 53.7 Å². The number of nitrogens with one attached hydrogen (secondary N) is 1. The standard InChI is InChI=1S/C32H33N3O3/c1-38-29-19-11-9-13-24(29)21-35-30(36)28-20-23-12-8-10-18-27(23)34(28)22-32(35,25-14-4-2-5-15-25)31(37)33-26-16-6-3-7-17-26/h2,4-5,8-15,18-20,26H,3,6-7,16-17,21-22H2,1H3,(H,33,37)/t32-/m0/s1. The fourth-order valence-electron chi connectivity index (χ4n) is 6.23. The normalized spacial score (nSPS) is 19.8. The van der Waals surface area contributed by atoms with Crippen molar-refractivity contribution >= 4 is 22.7 Å². The van der Waals surface area contributed by atoms with Crippen molar-refractivity contribution in [1.29, 1.82) is 0 Å². The van der Waals surface area contributed by atoms with Crippen LogP contribution in [0.4, 0.5) is 0 Å². The minimum absolute atomic E-state index is 0.114. The first kappa shape index (κ1) is 24.3. The molecule has 1 atom stereocenters. The van der Waals surface area contributed by atoms with Crippen LogP contribution in [0.25, 0.3) is 10.9 Å². The summed E-state index contributed by atoms with van der Waals surface area (Å²) in [4.78, 5) is 30.8. The first-order valence-electron chi connectivity index (χ1n) is 13.5. The van der Waals surface area contributed by atoms with Crippen LogP contribution in [0.5, 0.6) is 5.75 Å². The van der Waals surface area contributed by atoms with Crippen molar-refractivity contribution in [2.75, 3.05) is 7.11 Å². The Bertz CT molecular complexity index is 1470. The van der Waals surface area contributed by atoms with E-state index in [1.54, 1.807) is 12.0 Å². The Kier molecular flexibility index (Phi) is 6.40. The van der Waals surface area contributed by atoms with Crippen LogP contribution in [-0.2, 0) is 23.4 Å². The van der Waals surface area contributed by atoms with Crippen LogP contribution in [0.15, 0.2) is 84.9 Å². The van der Waals surface area contributed by atoms with Gasteiger partial charge in [-0.05, 0) is 36.6 Å². The Morgan fingerprint density at radius 3 is 2.45 bits per heavy atom. The molecule has 3 aromatic carbocycles. The zero-order valence-corrected chi connectivity index (χ0v) is 21.7. The van der Waals surface area contributed by atoms with E-state index in [0.717, 1.165) is 47.7 Å². The lowest BCUT2D eigenvalue weighted by atomic mass is 9.83. The summed E-state index contributed by atoms with van der Waals surface area (Å²) in [7, 11) is 1.63. The average Bonchev–Trinajstić information content (AvgIpc) is 3.34. The van der Waals surface area contributed by atoms with Gasteiger partial charge in [-0.3, -0.25) is 9.59 Å². The fourth-order valence-corrected chi connectivity index (χ4v) is 6.23. The first-order chi connectivity index (χ1) is 18.6. The van der Waals surface area contributed by atoms with Crippen molar-refractivity contribution in [3.63, 3.8) is 0 Å². The second-order valence-corrected chi connectivity index (χ2v) is 10.4. The molecule has 0 unspecified atom stereocenters. The number of carbonyl (C=O) groups is 2. The quantitative estimate of drug-likeness (QED) is 0.367. The molecular formula is C32H33N3O3. The Hall–Kier alpha value is -4.06. The maximum Gasteiger partial charge on any atom is 0.272 e. The average molecular weight is 508 g/mol. The van der Waals surface area contributed by atoms with Gasteiger partial charge in [-0.25, -0.2) is 0 Å². The van der Waals surface area contributed by atoms with Crippen LogP contribution in [0, 0.1) is 0 Å². The third-order valence-electron chi connectivity index (χ3n) is 8.21. The largest absolute Gasteiger partial charge is 0.496 e. The third kappa shape index (κ3) is 4.05. The minimum atomic E-state index is -1.23. The number of carbonyl (C=O) groups excluding carboxylic acids is 2. The zero-order chi connectivity index (χ0) is 26.1. The van der Waals surface area contributed by atoms with Crippen molar-refractivity contribution in [3.05, 3.63) is 102 Å². The lowest BCUT2D eigenvalue weighted by Crippen LogP contribution is -2.64. The number of fused-ring (bicyclic) bond motifs is 3. The van der Waals surface area contributed by atoms with Gasteiger partial charge in [0.05, 0.1) is 20.2 Å². The Morgan fingerprint density at radius 1 is 0.947 bits per heavy atom. The molecule has 0 bridgehead atoms. The van der Waals surface area contributed by atoms with Gasteiger partial charge in [0.25, 0.3) is 11.8 Å². The molecular weight excluding hydrogens is 474 g/mol. The Morgan fingerprint density at radius 2 is 1.66 bits per heavy atom. The molecule has 1 fully saturated rings. The highest BCUT2D eigenvalue weighted by Crippen LogP contribution is 2.41. The highest BCUT2D eigenvalue weighted by molar-refractivity contribution is 6.04. The van der Waals surface area contributed by atoms with Crippen LogP contribution < -0.4 is 10.1 Å². The molecule has 4 aromatic rings. The molecule has 0 spiro atoms. The number of hydrogen-bond donors (Lipinski definition) is 1. The second-order valence-electron chi connectivity index (χ2n) is 10.4. The summed E-state index contributed by atoms with van der Waals surface area (Å²) in [6.45, 7) is 0.580. The van der Waals surface area contributed by atoms with Gasteiger partial charge in [-0.15, -0.1) is 0 Å². The molecule has 6 nitrogen and oxygen atoms in total. The van der Waals surface area contributed by atoms with Gasteiger partial charge in [0, 0.05) is 22.5 Å². The SMILES string of the molecule is COc1ccccc1CN1C(=O)c2cc3ccccc3n2C[C@@]1(C(=O)NC1CCCCC1)c1ccccc1. The van der Waals surface area contributed by atoms with Gasteiger partial charge in [0.15, 0.2) is 5.54 Å². The zero-order valence-electron chi connectivity index (χ0n) is 21.7. The summed E-state index contributed by atoms with van der Waals surface area (Å²) in [5, 5.41) is 4.38. The van der Waals surface area contributed by atoms with E-state index < -0.39 is 5.54 Å². The summed E-state index contributed by atoms with van der Waals surface area (Å²) in [5.41, 5.74) is 1.99. The van der Waals surface area contributed by atoms with E-state index in [9.17, 15) is 9.59 Å². The molecule has 194 valence electrons. The van der Waals surface area contributed by atoms with Crippen LogP contribution in [-0.4, -0.2) is 34.4 Å². The van der Waals surface area contributed by atoms with E-state index in [0.29, 0.717) is 18.0 Å². The van der Waals surface area contributed by atoms with E-state index in [1.165, 1.54) is 6.42 Å². The molecule has 1 N–H and O–H groups in total. The van der Waals surface area contributed by atoms with E-state index in [-0.39, 0.29) is 24.4 Å². The van der Waals surface area contributed by atoms with Gasteiger partial charge >= 0.3 is 0 Å². The number of aromatic nitrogens is 1. The maximum absolute atomic E-state index is 14.6. The summed E-state index contributed by atoms with van der Waals surface area (Å²) < 4.78 is 7.68. The molecule has 1 aliphatic heterocycles. The number of benzene rings is 3. The monoisotopic (exact) mass is 507 g/mol. The smallest absolute Gasteiger partial charge is 0.272 e. The van der Waals surface area contributed by atoms with Crippen molar-refractivity contribution in [1.82, 2.24) is 14.8 Å². The molecule has 1 aromatic heterocycles. The van der Waals surface area contributed by atoms with Gasteiger partial charge < -0.3 is 19.5 Å². The third-order valence-corrected chi connectivity index (χ3v) is 8.21. The number of methoxy groups -OCH3 is 1. The topological polar surface area (TPSA) is 63.6 Å². The molecule has 2 amide bonds.